The van der Waals surface area contributed by atoms with E-state index in [1.54, 1.807) is 29.1 Å². The van der Waals surface area contributed by atoms with Gasteiger partial charge < -0.3 is 10.4 Å². The standard InChI is InChI=1S/C17H16FN3O2S/c18-13-1-3-15(4-2-13)21-7-5-14(20-21)9-17(23)19-10-16(22)12-6-8-24-11-12/h1-8,11,16,22H,9-10H2,(H,19,23)/t16-/m0/s1. The van der Waals surface area contributed by atoms with Crippen LogP contribution < -0.4 is 5.32 Å². The highest BCUT2D eigenvalue weighted by Gasteiger charge is 2.11. The van der Waals surface area contributed by atoms with E-state index in [0.717, 1.165) is 11.3 Å². The van der Waals surface area contributed by atoms with Crippen molar-refractivity contribution in [2.45, 2.75) is 12.5 Å². The van der Waals surface area contributed by atoms with Crippen molar-refractivity contribution in [3.63, 3.8) is 0 Å². The van der Waals surface area contributed by atoms with E-state index in [1.807, 2.05) is 16.8 Å². The number of thiophene rings is 1. The van der Waals surface area contributed by atoms with E-state index in [9.17, 15) is 14.3 Å². The zero-order valence-electron chi connectivity index (χ0n) is 12.7. The first-order valence-electron chi connectivity index (χ1n) is 7.39. The Labute approximate surface area is 142 Å². The molecule has 24 heavy (non-hydrogen) atoms. The van der Waals surface area contributed by atoms with E-state index in [4.69, 9.17) is 0 Å². The Hall–Kier alpha value is -2.51. The molecule has 2 heterocycles. The molecule has 0 radical (unpaired) electrons. The smallest absolute Gasteiger partial charge is 0.226 e. The zero-order valence-corrected chi connectivity index (χ0v) is 13.5. The minimum atomic E-state index is -0.711. The van der Waals surface area contributed by atoms with Gasteiger partial charge in [-0.1, -0.05) is 0 Å². The molecule has 0 saturated carbocycles. The van der Waals surface area contributed by atoms with Gasteiger partial charge in [0.25, 0.3) is 0 Å². The van der Waals surface area contributed by atoms with Crippen LogP contribution in [0.25, 0.3) is 5.69 Å². The molecule has 0 saturated heterocycles. The van der Waals surface area contributed by atoms with Crippen LogP contribution in [0.15, 0.2) is 53.4 Å². The van der Waals surface area contributed by atoms with Gasteiger partial charge in [0, 0.05) is 12.7 Å². The van der Waals surface area contributed by atoms with Crippen molar-refractivity contribution in [2.75, 3.05) is 6.54 Å². The van der Waals surface area contributed by atoms with Crippen molar-refractivity contribution in [2.24, 2.45) is 0 Å². The fourth-order valence-corrected chi connectivity index (χ4v) is 2.92. The second kappa shape index (κ2) is 7.37. The largest absolute Gasteiger partial charge is 0.387 e. The van der Waals surface area contributed by atoms with Gasteiger partial charge in [0.1, 0.15) is 5.82 Å². The van der Waals surface area contributed by atoms with Gasteiger partial charge in [0.15, 0.2) is 0 Å². The van der Waals surface area contributed by atoms with Gasteiger partial charge in [-0.05, 0) is 52.7 Å². The summed E-state index contributed by atoms with van der Waals surface area (Å²) >= 11 is 1.50. The molecule has 2 aromatic heterocycles. The summed E-state index contributed by atoms with van der Waals surface area (Å²) in [6.45, 7) is 0.161. The molecule has 3 aromatic rings. The molecule has 3 rings (SSSR count). The zero-order chi connectivity index (χ0) is 16.9. The van der Waals surface area contributed by atoms with Gasteiger partial charge in [-0.3, -0.25) is 4.79 Å². The lowest BCUT2D eigenvalue weighted by Gasteiger charge is -2.10. The third kappa shape index (κ3) is 4.06. The van der Waals surface area contributed by atoms with Crippen LogP contribution in [0.1, 0.15) is 17.4 Å². The molecule has 0 fully saturated rings. The van der Waals surface area contributed by atoms with Crippen molar-refractivity contribution >= 4 is 17.2 Å². The molecule has 5 nitrogen and oxygen atoms in total. The summed E-state index contributed by atoms with van der Waals surface area (Å²) in [5.74, 6) is -0.525. The van der Waals surface area contributed by atoms with Crippen LogP contribution in [0, 0.1) is 5.82 Å². The Balaban J connectivity index is 1.54. The second-order valence-electron chi connectivity index (χ2n) is 5.28. The number of nitrogens with zero attached hydrogens (tertiary/aromatic N) is 2. The summed E-state index contributed by atoms with van der Waals surface area (Å²) in [7, 11) is 0. The number of amides is 1. The number of hydrogen-bond acceptors (Lipinski definition) is 4. The number of carbonyl (C=O) groups is 1. The van der Waals surface area contributed by atoms with Crippen molar-refractivity contribution in [1.29, 1.82) is 0 Å². The summed E-state index contributed by atoms with van der Waals surface area (Å²) in [5, 5.41) is 20.7. The molecule has 0 aliphatic heterocycles. The van der Waals surface area contributed by atoms with Gasteiger partial charge in [-0.25, -0.2) is 9.07 Å². The maximum atomic E-state index is 12.9. The summed E-state index contributed by atoms with van der Waals surface area (Å²) in [6, 6.07) is 9.50. The van der Waals surface area contributed by atoms with E-state index in [1.165, 1.54) is 23.5 Å². The molecule has 0 aliphatic carbocycles. The third-order valence-corrected chi connectivity index (χ3v) is 4.20. The first kappa shape index (κ1) is 16.4. The Morgan fingerprint density at radius 2 is 2.08 bits per heavy atom. The van der Waals surface area contributed by atoms with E-state index in [0.29, 0.717) is 5.69 Å². The first-order chi connectivity index (χ1) is 11.6. The van der Waals surface area contributed by atoms with Crippen LogP contribution in [-0.2, 0) is 11.2 Å². The molecule has 124 valence electrons. The summed E-state index contributed by atoms with van der Waals surface area (Å²) < 4.78 is 14.5. The Kier molecular flexibility index (Phi) is 5.02. The molecule has 1 aromatic carbocycles. The summed E-state index contributed by atoms with van der Waals surface area (Å²) in [5.41, 5.74) is 2.11. The third-order valence-electron chi connectivity index (χ3n) is 3.50. The van der Waals surface area contributed by atoms with E-state index < -0.39 is 6.10 Å². The lowest BCUT2D eigenvalue weighted by atomic mass is 10.2. The monoisotopic (exact) mass is 345 g/mol. The molecule has 1 atom stereocenters. The summed E-state index contributed by atoms with van der Waals surface area (Å²) in [4.78, 5) is 12.0. The first-order valence-corrected chi connectivity index (χ1v) is 8.33. The van der Waals surface area contributed by atoms with Crippen LogP contribution in [0.3, 0.4) is 0 Å². The van der Waals surface area contributed by atoms with Crippen molar-refractivity contribution in [3.05, 3.63) is 70.4 Å². The number of halogens is 1. The van der Waals surface area contributed by atoms with Gasteiger partial charge in [0.2, 0.25) is 5.91 Å². The predicted molar refractivity (Wildman–Crippen MR) is 89.5 cm³/mol. The number of aromatic nitrogens is 2. The van der Waals surface area contributed by atoms with Gasteiger partial charge in [0.05, 0.1) is 23.9 Å². The van der Waals surface area contributed by atoms with E-state index in [2.05, 4.69) is 10.4 Å². The van der Waals surface area contributed by atoms with Crippen LogP contribution >= 0.6 is 11.3 Å². The lowest BCUT2D eigenvalue weighted by Crippen LogP contribution is -2.29. The number of benzene rings is 1. The number of carbonyl (C=O) groups excluding carboxylic acids is 1. The lowest BCUT2D eigenvalue weighted by molar-refractivity contribution is -0.120. The number of hydrogen-bond donors (Lipinski definition) is 2. The SMILES string of the molecule is O=C(Cc1ccn(-c2ccc(F)cc2)n1)NC[C@H](O)c1ccsc1. The topological polar surface area (TPSA) is 67.2 Å². The molecule has 0 bridgehead atoms. The van der Waals surface area contributed by atoms with Crippen molar-refractivity contribution in [1.82, 2.24) is 15.1 Å². The van der Waals surface area contributed by atoms with Gasteiger partial charge in [-0.2, -0.15) is 16.4 Å². The summed E-state index contributed by atoms with van der Waals surface area (Å²) in [6.07, 6.45) is 1.12. The minimum Gasteiger partial charge on any atom is -0.387 e. The molecular formula is C17H16FN3O2S. The van der Waals surface area contributed by atoms with Crippen LogP contribution in [0.5, 0.6) is 0 Å². The fraction of sp³-hybridized carbons (Fsp3) is 0.176. The Morgan fingerprint density at radius 1 is 1.29 bits per heavy atom. The Bertz CT molecular complexity index is 800. The fourth-order valence-electron chi connectivity index (χ4n) is 2.21. The van der Waals surface area contributed by atoms with Crippen LogP contribution in [0.2, 0.25) is 0 Å². The van der Waals surface area contributed by atoms with Crippen molar-refractivity contribution < 1.29 is 14.3 Å². The van der Waals surface area contributed by atoms with Crippen LogP contribution in [0.4, 0.5) is 4.39 Å². The van der Waals surface area contributed by atoms with E-state index >= 15 is 0 Å². The molecule has 0 spiro atoms. The van der Waals surface area contributed by atoms with E-state index in [-0.39, 0.29) is 24.7 Å². The number of rotatable bonds is 6. The number of aliphatic hydroxyl groups excluding tert-OH is 1. The molecule has 0 unspecified atom stereocenters. The second-order valence-corrected chi connectivity index (χ2v) is 6.06. The molecule has 2 N–H and O–H groups in total. The van der Waals surface area contributed by atoms with Crippen LogP contribution in [-0.4, -0.2) is 27.3 Å². The number of aliphatic hydroxyl groups is 1. The average molecular weight is 345 g/mol. The van der Waals surface area contributed by atoms with Gasteiger partial charge >= 0.3 is 0 Å². The normalized spacial score (nSPS) is 12.1. The highest BCUT2D eigenvalue weighted by Crippen LogP contribution is 2.15. The van der Waals surface area contributed by atoms with Gasteiger partial charge in [-0.15, -0.1) is 0 Å². The minimum absolute atomic E-state index is 0.116. The molecule has 1 amide bonds. The predicted octanol–water partition coefficient (Wildman–Crippen LogP) is 2.47. The maximum absolute atomic E-state index is 12.9. The quantitative estimate of drug-likeness (QED) is 0.721. The average Bonchev–Trinajstić information content (AvgIpc) is 3.25. The number of nitrogens with one attached hydrogen (secondary N) is 1. The molecule has 0 aliphatic rings. The highest BCUT2D eigenvalue weighted by molar-refractivity contribution is 7.07. The maximum Gasteiger partial charge on any atom is 0.226 e. The highest BCUT2D eigenvalue weighted by atomic mass is 32.1. The molecule has 7 heteroatoms. The molecular weight excluding hydrogens is 329 g/mol. The van der Waals surface area contributed by atoms with Crippen molar-refractivity contribution in [3.8, 4) is 5.69 Å². The Morgan fingerprint density at radius 3 is 2.79 bits per heavy atom.